The molecule has 4 heterocycles. The van der Waals surface area contributed by atoms with Gasteiger partial charge in [-0.15, -0.1) is 0 Å². The van der Waals surface area contributed by atoms with E-state index in [0.29, 0.717) is 31.1 Å². The van der Waals surface area contributed by atoms with Crippen molar-refractivity contribution in [2.75, 3.05) is 37.7 Å². The van der Waals surface area contributed by atoms with Crippen LogP contribution in [0.15, 0.2) is 48.6 Å². The minimum Gasteiger partial charge on any atom is -0.494 e. The number of amides is 3. The summed E-state index contributed by atoms with van der Waals surface area (Å²) >= 11 is 0. The van der Waals surface area contributed by atoms with Crippen LogP contribution in [0.1, 0.15) is 34.6 Å². The number of fused-ring (bicyclic) bond motifs is 2. The Kier molecular flexibility index (Phi) is 6.43. The highest BCUT2D eigenvalue weighted by molar-refractivity contribution is 6.04. The molecule has 4 aliphatic heterocycles. The number of hydrogen-bond acceptors (Lipinski definition) is 6. The van der Waals surface area contributed by atoms with Gasteiger partial charge in [0.05, 0.1) is 30.7 Å². The number of carbonyl (C=O) groups is 3. The van der Waals surface area contributed by atoms with Crippen molar-refractivity contribution in [1.29, 1.82) is 0 Å². The zero-order valence-corrected chi connectivity index (χ0v) is 22.7. The molecule has 1 spiro atoms. The van der Waals surface area contributed by atoms with E-state index < -0.39 is 34.6 Å². The molecule has 0 aliphatic carbocycles. The molecule has 1 aromatic rings. The minimum absolute atomic E-state index is 0.0151. The Morgan fingerprint density at radius 1 is 1.00 bits per heavy atom. The van der Waals surface area contributed by atoms with Crippen LogP contribution in [0.2, 0.25) is 0 Å². The summed E-state index contributed by atoms with van der Waals surface area (Å²) in [6.07, 6.45) is 7.45. The lowest BCUT2D eigenvalue weighted by molar-refractivity contribution is -0.154. The van der Waals surface area contributed by atoms with Gasteiger partial charge in [0.15, 0.2) is 0 Å². The molecular formula is C29H37N3O6. The van der Waals surface area contributed by atoms with E-state index in [1.54, 1.807) is 9.80 Å². The van der Waals surface area contributed by atoms with Crippen LogP contribution in [-0.4, -0.2) is 88.3 Å². The molecule has 0 saturated carbocycles. The van der Waals surface area contributed by atoms with E-state index in [1.165, 1.54) is 4.90 Å². The summed E-state index contributed by atoms with van der Waals surface area (Å²) < 4.78 is 12.3. The van der Waals surface area contributed by atoms with Crippen molar-refractivity contribution in [3.05, 3.63) is 48.6 Å². The van der Waals surface area contributed by atoms with E-state index in [9.17, 15) is 19.5 Å². The van der Waals surface area contributed by atoms with Gasteiger partial charge in [-0.25, -0.2) is 0 Å². The third-order valence-corrected chi connectivity index (χ3v) is 8.17. The van der Waals surface area contributed by atoms with E-state index in [-0.39, 0.29) is 30.9 Å². The largest absolute Gasteiger partial charge is 0.494 e. The van der Waals surface area contributed by atoms with Crippen molar-refractivity contribution < 1.29 is 29.0 Å². The number of ether oxygens (including phenoxy) is 2. The second-order valence-corrected chi connectivity index (χ2v) is 11.6. The van der Waals surface area contributed by atoms with Gasteiger partial charge in [-0.3, -0.25) is 14.4 Å². The molecule has 38 heavy (non-hydrogen) atoms. The quantitative estimate of drug-likeness (QED) is 0.594. The number of benzene rings is 1. The zero-order chi connectivity index (χ0) is 27.5. The minimum atomic E-state index is -1.33. The highest BCUT2D eigenvalue weighted by Gasteiger charge is 2.74. The molecule has 4 aliphatic rings. The van der Waals surface area contributed by atoms with Gasteiger partial charge in [0.1, 0.15) is 17.4 Å². The maximum absolute atomic E-state index is 14.3. The molecule has 5 rings (SSSR count). The third kappa shape index (κ3) is 3.86. The van der Waals surface area contributed by atoms with Crippen LogP contribution in [-0.2, 0) is 19.1 Å². The summed E-state index contributed by atoms with van der Waals surface area (Å²) in [7, 11) is 0. The fourth-order valence-corrected chi connectivity index (χ4v) is 6.59. The molecular weight excluding hydrogens is 486 g/mol. The van der Waals surface area contributed by atoms with Crippen LogP contribution in [0.3, 0.4) is 0 Å². The fourth-order valence-electron chi connectivity index (χ4n) is 6.59. The average Bonchev–Trinajstić information content (AvgIpc) is 3.10. The van der Waals surface area contributed by atoms with Crippen molar-refractivity contribution in [3.8, 4) is 5.75 Å². The number of hydrogen-bond donors (Lipinski definition) is 1. The number of aliphatic hydroxyl groups excluding tert-OH is 1. The lowest BCUT2D eigenvalue weighted by Crippen LogP contribution is -2.59. The van der Waals surface area contributed by atoms with Crippen molar-refractivity contribution in [1.82, 2.24) is 9.80 Å². The van der Waals surface area contributed by atoms with E-state index in [2.05, 4.69) is 0 Å². The number of rotatable bonds is 5. The summed E-state index contributed by atoms with van der Waals surface area (Å²) in [6, 6.07) is 6.33. The summed E-state index contributed by atoms with van der Waals surface area (Å²) in [5, 5.41) is 9.84. The van der Waals surface area contributed by atoms with Crippen molar-refractivity contribution >= 4 is 23.4 Å². The van der Waals surface area contributed by atoms with Gasteiger partial charge < -0.3 is 29.3 Å². The maximum atomic E-state index is 14.3. The van der Waals surface area contributed by atoms with Gasteiger partial charge in [0.2, 0.25) is 17.7 Å². The number of β-amino-alcohol motifs (C(OH)–C–C–N with tert-alkyl or cyclic N) is 1. The standard InChI is InChI=1S/C29H37N3O6/c1-6-37-20-11-9-19(10-12-20)30-15-7-13-28(5)21(24(30)34)22-25(35)31(17-18-33)23-26(36)32(27(2,3)4)16-8-14-29(22,23)38-28/h7-14,21-23,33H,6,15-18H2,1-5H3/t21-,22-,23?,28+,29-/m0/s1. The first kappa shape index (κ1) is 26.4. The highest BCUT2D eigenvalue weighted by Crippen LogP contribution is 2.57. The number of nitrogens with zero attached hydrogens (tertiary/aromatic N) is 3. The van der Waals surface area contributed by atoms with Gasteiger partial charge in [-0.05, 0) is 58.9 Å². The molecule has 5 atom stereocenters. The van der Waals surface area contributed by atoms with Gasteiger partial charge >= 0.3 is 0 Å². The predicted octanol–water partition coefficient (Wildman–Crippen LogP) is 2.15. The first-order valence-corrected chi connectivity index (χ1v) is 13.3. The fraction of sp³-hybridized carbons (Fsp3) is 0.552. The summed E-state index contributed by atoms with van der Waals surface area (Å²) in [6.45, 7) is 10.5. The van der Waals surface area contributed by atoms with E-state index >= 15 is 0 Å². The van der Waals surface area contributed by atoms with Crippen molar-refractivity contribution in [2.24, 2.45) is 11.8 Å². The van der Waals surface area contributed by atoms with Gasteiger partial charge in [0, 0.05) is 30.9 Å². The molecule has 2 saturated heterocycles. The molecule has 1 unspecified atom stereocenters. The molecule has 0 radical (unpaired) electrons. The Hall–Kier alpha value is -3.17. The Morgan fingerprint density at radius 3 is 2.32 bits per heavy atom. The van der Waals surface area contributed by atoms with Crippen LogP contribution in [0.5, 0.6) is 5.75 Å². The normalized spacial score (nSPS) is 32.7. The topological polar surface area (TPSA) is 99.6 Å². The second-order valence-electron chi connectivity index (χ2n) is 11.6. The lowest BCUT2D eigenvalue weighted by atomic mass is 9.74. The zero-order valence-electron chi connectivity index (χ0n) is 22.7. The molecule has 1 aromatic carbocycles. The Balaban J connectivity index is 1.60. The lowest BCUT2D eigenvalue weighted by Gasteiger charge is -2.41. The van der Waals surface area contributed by atoms with Gasteiger partial charge in [-0.1, -0.05) is 24.3 Å². The smallest absolute Gasteiger partial charge is 0.249 e. The monoisotopic (exact) mass is 523 g/mol. The first-order valence-electron chi connectivity index (χ1n) is 13.3. The Bertz CT molecular complexity index is 1190. The third-order valence-electron chi connectivity index (χ3n) is 8.17. The molecule has 0 aromatic heterocycles. The van der Waals surface area contributed by atoms with Crippen LogP contribution in [0.4, 0.5) is 5.69 Å². The first-order chi connectivity index (χ1) is 18.0. The number of anilines is 1. The average molecular weight is 524 g/mol. The number of aliphatic hydroxyl groups is 1. The number of carbonyl (C=O) groups excluding carboxylic acids is 3. The van der Waals surface area contributed by atoms with Crippen molar-refractivity contribution in [2.45, 2.75) is 57.4 Å². The van der Waals surface area contributed by atoms with Gasteiger partial charge in [-0.2, -0.15) is 0 Å². The highest BCUT2D eigenvalue weighted by atomic mass is 16.5. The van der Waals surface area contributed by atoms with E-state index in [0.717, 1.165) is 0 Å². The molecule has 3 amide bonds. The van der Waals surface area contributed by atoms with E-state index in [1.807, 2.05) is 83.2 Å². The van der Waals surface area contributed by atoms with Crippen LogP contribution in [0.25, 0.3) is 0 Å². The van der Waals surface area contributed by atoms with Crippen LogP contribution >= 0.6 is 0 Å². The molecule has 204 valence electrons. The Morgan fingerprint density at radius 2 is 1.68 bits per heavy atom. The molecule has 9 heteroatoms. The number of likely N-dealkylation sites (tertiary alicyclic amines) is 1. The summed E-state index contributed by atoms with van der Waals surface area (Å²) in [5.41, 5.74) is -2.23. The predicted molar refractivity (Wildman–Crippen MR) is 141 cm³/mol. The van der Waals surface area contributed by atoms with Crippen LogP contribution in [0, 0.1) is 11.8 Å². The molecule has 2 fully saturated rings. The molecule has 0 bridgehead atoms. The molecule has 9 nitrogen and oxygen atoms in total. The summed E-state index contributed by atoms with van der Waals surface area (Å²) in [5.74, 6) is -1.89. The maximum Gasteiger partial charge on any atom is 0.249 e. The Labute approximate surface area is 223 Å². The molecule has 1 N–H and O–H groups in total. The second kappa shape index (κ2) is 9.24. The summed E-state index contributed by atoms with van der Waals surface area (Å²) in [4.78, 5) is 47.3. The van der Waals surface area contributed by atoms with Crippen LogP contribution < -0.4 is 9.64 Å². The van der Waals surface area contributed by atoms with Gasteiger partial charge in [0.25, 0.3) is 0 Å². The van der Waals surface area contributed by atoms with Crippen molar-refractivity contribution in [3.63, 3.8) is 0 Å². The van der Waals surface area contributed by atoms with E-state index in [4.69, 9.17) is 9.47 Å². The SMILES string of the molecule is CCOc1ccc(N2CC=C[C@@]3(C)O[C@]45C=CCN(C(C)(C)C)C(=O)C4N(CCO)C(=O)[C@@H]5[C@H]3C2=O)cc1.